The summed E-state index contributed by atoms with van der Waals surface area (Å²) in [6.45, 7) is 0. The Balaban J connectivity index is 1.55. The number of rotatable bonds is 4. The molecule has 1 aliphatic carbocycles. The maximum atomic E-state index is 12.1. The van der Waals surface area contributed by atoms with E-state index >= 15 is 0 Å². The molecule has 2 aromatic rings. The van der Waals surface area contributed by atoms with Crippen LogP contribution >= 0.6 is 11.3 Å². The highest BCUT2D eigenvalue weighted by Crippen LogP contribution is 2.30. The van der Waals surface area contributed by atoms with Gasteiger partial charge in [0.15, 0.2) is 0 Å². The molecule has 3 rings (SSSR count). The second-order valence-electron chi connectivity index (χ2n) is 5.40. The topological polar surface area (TPSA) is 67.4 Å². The van der Waals surface area contributed by atoms with E-state index in [0.29, 0.717) is 10.6 Å². The number of thiophene rings is 1. The van der Waals surface area contributed by atoms with E-state index in [9.17, 15) is 9.59 Å². The Hall–Kier alpha value is -2.34. The molecule has 0 atom stereocenters. The van der Waals surface area contributed by atoms with Crippen molar-refractivity contribution < 1.29 is 14.3 Å². The third-order valence-corrected chi connectivity index (χ3v) is 5.07. The minimum absolute atomic E-state index is 0.144. The summed E-state index contributed by atoms with van der Waals surface area (Å²) in [5.41, 5.74) is 6.97. The van der Waals surface area contributed by atoms with Crippen LogP contribution in [0.3, 0.4) is 0 Å². The number of hydrogen-bond acceptors (Lipinski definition) is 4. The van der Waals surface area contributed by atoms with Crippen molar-refractivity contribution in [2.45, 2.75) is 25.7 Å². The van der Waals surface area contributed by atoms with E-state index in [4.69, 9.17) is 4.74 Å². The molecule has 2 amide bonds. The van der Waals surface area contributed by atoms with E-state index in [-0.39, 0.29) is 18.2 Å². The first-order chi connectivity index (χ1) is 11.2. The molecule has 120 valence electrons. The average Bonchev–Trinajstić information content (AvgIpc) is 3.14. The minimum Gasteiger partial charge on any atom is -0.496 e. The first-order valence-electron chi connectivity index (χ1n) is 7.50. The minimum atomic E-state index is -0.285. The second-order valence-corrected chi connectivity index (χ2v) is 6.54. The fraction of sp³-hybridized carbons (Fsp3) is 0.294. The predicted octanol–water partition coefficient (Wildman–Crippen LogP) is 2.25. The summed E-state index contributed by atoms with van der Waals surface area (Å²) in [4.78, 5) is 26.0. The Morgan fingerprint density at radius 3 is 2.83 bits per heavy atom. The lowest BCUT2D eigenvalue weighted by atomic mass is 10.1. The lowest BCUT2D eigenvalue weighted by molar-refractivity contribution is -0.121. The van der Waals surface area contributed by atoms with Crippen LogP contribution < -0.4 is 15.6 Å². The molecule has 23 heavy (non-hydrogen) atoms. The highest BCUT2D eigenvalue weighted by Gasteiger charge is 2.18. The molecule has 0 radical (unpaired) electrons. The van der Waals surface area contributed by atoms with Gasteiger partial charge in [-0.05, 0) is 37.0 Å². The van der Waals surface area contributed by atoms with Gasteiger partial charge in [0.1, 0.15) is 5.75 Å². The number of ether oxygens (including phenoxy) is 1. The molecule has 1 aliphatic rings. The summed E-state index contributed by atoms with van der Waals surface area (Å²) in [5, 5.41) is 0. The fourth-order valence-electron chi connectivity index (χ4n) is 2.70. The lowest BCUT2D eigenvalue weighted by Crippen LogP contribution is -2.42. The summed E-state index contributed by atoms with van der Waals surface area (Å²) < 4.78 is 5.21. The van der Waals surface area contributed by atoms with Gasteiger partial charge in [-0.25, -0.2) is 0 Å². The van der Waals surface area contributed by atoms with Crippen LogP contribution in [-0.4, -0.2) is 18.9 Å². The number of carbonyl (C=O) groups excluding carboxylic acids is 2. The van der Waals surface area contributed by atoms with E-state index < -0.39 is 0 Å². The van der Waals surface area contributed by atoms with Crippen molar-refractivity contribution in [2.24, 2.45) is 0 Å². The van der Waals surface area contributed by atoms with Gasteiger partial charge in [-0.1, -0.05) is 18.2 Å². The second kappa shape index (κ2) is 6.83. The van der Waals surface area contributed by atoms with Crippen molar-refractivity contribution in [1.82, 2.24) is 10.9 Å². The van der Waals surface area contributed by atoms with Gasteiger partial charge in [0.2, 0.25) is 5.91 Å². The molecule has 0 aliphatic heterocycles. The van der Waals surface area contributed by atoms with Crippen LogP contribution in [0.4, 0.5) is 0 Å². The number of carbonyl (C=O) groups is 2. The van der Waals surface area contributed by atoms with Gasteiger partial charge in [-0.15, -0.1) is 11.3 Å². The number of nitrogens with one attached hydrogen (secondary N) is 2. The molecule has 2 N–H and O–H groups in total. The third kappa shape index (κ3) is 3.53. The molecule has 0 saturated carbocycles. The first-order valence-corrected chi connectivity index (χ1v) is 8.31. The quantitative estimate of drug-likeness (QED) is 0.845. The van der Waals surface area contributed by atoms with Gasteiger partial charge in [0.25, 0.3) is 5.91 Å². The number of hydrazine groups is 1. The molecular weight excluding hydrogens is 312 g/mol. The van der Waals surface area contributed by atoms with Crippen LogP contribution in [0.5, 0.6) is 5.75 Å². The molecule has 5 nitrogen and oxygen atoms in total. The summed E-state index contributed by atoms with van der Waals surface area (Å²) >= 11 is 1.51. The van der Waals surface area contributed by atoms with Crippen molar-refractivity contribution in [3.8, 4) is 5.75 Å². The van der Waals surface area contributed by atoms with Crippen LogP contribution in [0, 0.1) is 0 Å². The zero-order valence-electron chi connectivity index (χ0n) is 12.8. The molecule has 1 aromatic carbocycles. The lowest BCUT2D eigenvalue weighted by Gasteiger charge is -2.09. The number of amides is 2. The number of benzene rings is 1. The fourth-order valence-corrected chi connectivity index (χ4v) is 3.84. The van der Waals surface area contributed by atoms with Crippen LogP contribution in [0.15, 0.2) is 30.3 Å². The normalized spacial score (nSPS) is 12.6. The summed E-state index contributed by atoms with van der Waals surface area (Å²) in [5.74, 6) is 0.105. The molecule has 1 heterocycles. The highest BCUT2D eigenvalue weighted by atomic mass is 32.1. The molecule has 0 bridgehead atoms. The molecular formula is C17H18N2O3S. The summed E-state index contributed by atoms with van der Waals surface area (Å²) in [6, 6.07) is 9.24. The van der Waals surface area contributed by atoms with E-state index in [2.05, 4.69) is 10.9 Å². The third-order valence-electron chi connectivity index (χ3n) is 3.83. The zero-order chi connectivity index (χ0) is 16.2. The molecule has 0 unspecified atom stereocenters. The van der Waals surface area contributed by atoms with Gasteiger partial charge in [0, 0.05) is 10.4 Å². The molecule has 0 saturated heterocycles. The maximum Gasteiger partial charge on any atom is 0.279 e. The molecule has 1 aromatic heterocycles. The zero-order valence-corrected chi connectivity index (χ0v) is 13.7. The van der Waals surface area contributed by atoms with Crippen molar-refractivity contribution >= 4 is 23.2 Å². The van der Waals surface area contributed by atoms with Crippen molar-refractivity contribution in [2.75, 3.05) is 7.11 Å². The van der Waals surface area contributed by atoms with E-state index in [1.165, 1.54) is 28.2 Å². The standard InChI is InChI=1S/C17H18N2O3S/c1-22-13-7-3-2-5-11(13)10-16(20)18-19-17(21)15-9-12-6-4-8-14(12)23-15/h2-3,5,7,9H,4,6,8,10H2,1H3,(H,18,20)(H,19,21). The van der Waals surface area contributed by atoms with E-state index in [1.807, 2.05) is 24.3 Å². The number of hydrogen-bond donors (Lipinski definition) is 2. The Morgan fingerprint density at radius 2 is 2.04 bits per heavy atom. The summed E-state index contributed by atoms with van der Waals surface area (Å²) in [7, 11) is 1.56. The largest absolute Gasteiger partial charge is 0.496 e. The predicted molar refractivity (Wildman–Crippen MR) is 88.7 cm³/mol. The Kier molecular flexibility index (Phi) is 4.62. The molecule has 0 spiro atoms. The van der Waals surface area contributed by atoms with E-state index in [1.54, 1.807) is 13.2 Å². The molecule has 6 heteroatoms. The Bertz CT molecular complexity index is 718. The monoisotopic (exact) mass is 330 g/mol. The smallest absolute Gasteiger partial charge is 0.279 e. The number of methoxy groups -OCH3 is 1. The van der Waals surface area contributed by atoms with Crippen LogP contribution in [0.25, 0.3) is 0 Å². The maximum absolute atomic E-state index is 12.1. The van der Waals surface area contributed by atoms with Gasteiger partial charge in [0.05, 0.1) is 18.4 Å². The van der Waals surface area contributed by atoms with Crippen LogP contribution in [0.2, 0.25) is 0 Å². The van der Waals surface area contributed by atoms with E-state index in [0.717, 1.165) is 18.4 Å². The van der Waals surface area contributed by atoms with Crippen LogP contribution in [-0.2, 0) is 24.1 Å². The van der Waals surface area contributed by atoms with Gasteiger partial charge < -0.3 is 4.74 Å². The number of fused-ring (bicyclic) bond motifs is 1. The summed E-state index contributed by atoms with van der Waals surface area (Å²) in [6.07, 6.45) is 3.40. The SMILES string of the molecule is COc1ccccc1CC(=O)NNC(=O)c1cc2c(s1)CCC2. The van der Waals surface area contributed by atoms with Gasteiger partial charge in [-0.3, -0.25) is 20.4 Å². The first kappa shape index (κ1) is 15.6. The van der Waals surface area contributed by atoms with Crippen molar-refractivity contribution in [1.29, 1.82) is 0 Å². The van der Waals surface area contributed by atoms with Crippen molar-refractivity contribution in [3.63, 3.8) is 0 Å². The van der Waals surface area contributed by atoms with Crippen LogP contribution in [0.1, 0.15) is 32.1 Å². The van der Waals surface area contributed by atoms with Gasteiger partial charge >= 0.3 is 0 Å². The number of aryl methyl sites for hydroxylation is 2. The Morgan fingerprint density at radius 1 is 1.22 bits per heavy atom. The Labute approximate surface area is 138 Å². The van der Waals surface area contributed by atoms with Gasteiger partial charge in [-0.2, -0.15) is 0 Å². The number of para-hydroxylation sites is 1. The highest BCUT2D eigenvalue weighted by molar-refractivity contribution is 7.14. The average molecular weight is 330 g/mol. The van der Waals surface area contributed by atoms with Crippen molar-refractivity contribution in [3.05, 3.63) is 51.2 Å². The molecule has 0 fully saturated rings.